The van der Waals surface area contributed by atoms with Crippen LogP contribution in [0.3, 0.4) is 0 Å². The molecule has 2 rings (SSSR count). The summed E-state index contributed by atoms with van der Waals surface area (Å²) in [6.45, 7) is 1.68. The summed E-state index contributed by atoms with van der Waals surface area (Å²) in [5.41, 5.74) is 0.439. The average Bonchev–Trinajstić information content (AvgIpc) is 2.59. The number of nitro benzene ring substituents is 1. The zero-order valence-electron chi connectivity index (χ0n) is 13.7. The van der Waals surface area contributed by atoms with Crippen molar-refractivity contribution in [3.8, 4) is 11.5 Å². The van der Waals surface area contributed by atoms with Crippen LogP contribution in [-0.4, -0.2) is 24.0 Å². The molecule has 0 heterocycles. The Labute approximate surface area is 143 Å². The lowest BCUT2D eigenvalue weighted by molar-refractivity contribution is -0.386. The summed E-state index contributed by atoms with van der Waals surface area (Å²) >= 11 is 0. The van der Waals surface area contributed by atoms with Crippen molar-refractivity contribution in [3.63, 3.8) is 0 Å². The van der Waals surface area contributed by atoms with Crippen molar-refractivity contribution < 1.29 is 23.6 Å². The van der Waals surface area contributed by atoms with Crippen LogP contribution in [0.5, 0.6) is 11.5 Å². The summed E-state index contributed by atoms with van der Waals surface area (Å²) in [6, 6.07) is 9.94. The molecular formula is C17H17FN2O5. The van der Waals surface area contributed by atoms with Crippen LogP contribution in [-0.2, 0) is 11.3 Å². The predicted octanol–water partition coefficient (Wildman–Crippen LogP) is 2.83. The number of carbonyl (C=O) groups excluding carboxylic acids is 1. The molecule has 0 aromatic heterocycles. The topological polar surface area (TPSA) is 90.7 Å². The molecule has 2 aromatic rings. The molecule has 0 fully saturated rings. The van der Waals surface area contributed by atoms with E-state index in [2.05, 4.69) is 5.32 Å². The standard InChI is InChI=1S/C17H17FN2O5/c1-11(25-16-9-13(18)5-8-15(16)20(22)23)17(21)19-10-12-3-6-14(24-2)7-4-12/h3-9,11H,10H2,1-2H3,(H,19,21)/t11-/m0/s1. The van der Waals surface area contributed by atoms with Crippen LogP contribution < -0.4 is 14.8 Å². The SMILES string of the molecule is COc1ccc(CNC(=O)[C@H](C)Oc2cc(F)ccc2[N+](=O)[O-])cc1. The van der Waals surface area contributed by atoms with E-state index in [1.165, 1.54) is 6.92 Å². The number of amides is 1. The van der Waals surface area contributed by atoms with E-state index in [9.17, 15) is 19.3 Å². The molecule has 132 valence electrons. The number of carbonyl (C=O) groups is 1. The number of halogens is 1. The maximum atomic E-state index is 13.3. The third-order valence-electron chi connectivity index (χ3n) is 3.42. The first kappa shape index (κ1) is 18.2. The van der Waals surface area contributed by atoms with E-state index >= 15 is 0 Å². The van der Waals surface area contributed by atoms with Crippen molar-refractivity contribution in [2.75, 3.05) is 7.11 Å². The maximum absolute atomic E-state index is 13.3. The Kier molecular flexibility index (Phi) is 5.89. The minimum absolute atomic E-state index is 0.252. The summed E-state index contributed by atoms with van der Waals surface area (Å²) in [6.07, 6.45) is -1.03. The normalized spacial score (nSPS) is 11.5. The number of nitrogens with zero attached hydrogens (tertiary/aromatic N) is 1. The van der Waals surface area contributed by atoms with Crippen LogP contribution in [0, 0.1) is 15.9 Å². The largest absolute Gasteiger partial charge is 0.497 e. The Hall–Kier alpha value is -3.16. The molecule has 25 heavy (non-hydrogen) atoms. The fourth-order valence-electron chi connectivity index (χ4n) is 2.05. The first-order chi connectivity index (χ1) is 11.9. The number of hydrogen-bond acceptors (Lipinski definition) is 5. The molecule has 2 aromatic carbocycles. The molecule has 0 unspecified atom stereocenters. The molecule has 1 amide bonds. The molecule has 0 bridgehead atoms. The highest BCUT2D eigenvalue weighted by Gasteiger charge is 2.21. The Balaban J connectivity index is 1.98. The lowest BCUT2D eigenvalue weighted by Gasteiger charge is -2.15. The number of nitro groups is 1. The Morgan fingerprint density at radius 2 is 1.96 bits per heavy atom. The molecule has 1 atom stereocenters. The summed E-state index contributed by atoms with van der Waals surface area (Å²) in [5, 5.41) is 13.6. The van der Waals surface area contributed by atoms with Crippen LogP contribution in [0.15, 0.2) is 42.5 Å². The maximum Gasteiger partial charge on any atom is 0.311 e. The van der Waals surface area contributed by atoms with Crippen molar-refractivity contribution in [1.29, 1.82) is 0 Å². The fraction of sp³-hybridized carbons (Fsp3) is 0.235. The van der Waals surface area contributed by atoms with Crippen LogP contribution in [0.2, 0.25) is 0 Å². The van der Waals surface area contributed by atoms with Crippen molar-refractivity contribution in [2.45, 2.75) is 19.6 Å². The number of nitrogens with one attached hydrogen (secondary N) is 1. The van der Waals surface area contributed by atoms with Gasteiger partial charge in [-0.3, -0.25) is 14.9 Å². The van der Waals surface area contributed by atoms with E-state index < -0.39 is 28.4 Å². The van der Waals surface area contributed by atoms with Crippen molar-refractivity contribution in [3.05, 3.63) is 64.0 Å². The Bertz CT molecular complexity index is 764. The zero-order valence-corrected chi connectivity index (χ0v) is 13.7. The van der Waals surface area contributed by atoms with Gasteiger partial charge < -0.3 is 14.8 Å². The second-order valence-corrected chi connectivity index (χ2v) is 5.20. The van der Waals surface area contributed by atoms with Gasteiger partial charge >= 0.3 is 5.69 Å². The number of rotatable bonds is 7. The molecule has 0 aliphatic carbocycles. The monoisotopic (exact) mass is 348 g/mol. The molecule has 0 aliphatic rings. The molecule has 0 saturated carbocycles. The lowest BCUT2D eigenvalue weighted by Crippen LogP contribution is -2.36. The van der Waals surface area contributed by atoms with Gasteiger partial charge in [-0.15, -0.1) is 0 Å². The molecule has 8 heteroatoms. The summed E-state index contributed by atoms with van der Waals surface area (Å²) < 4.78 is 23.6. The molecule has 0 spiro atoms. The van der Waals surface area contributed by atoms with Gasteiger partial charge in [-0.05, 0) is 30.7 Å². The van der Waals surface area contributed by atoms with Gasteiger partial charge in [-0.2, -0.15) is 0 Å². The van der Waals surface area contributed by atoms with E-state index in [0.29, 0.717) is 5.75 Å². The Morgan fingerprint density at radius 3 is 2.56 bits per heavy atom. The quantitative estimate of drug-likeness (QED) is 0.614. The minimum atomic E-state index is -1.03. The van der Waals surface area contributed by atoms with Gasteiger partial charge in [0.2, 0.25) is 5.75 Å². The average molecular weight is 348 g/mol. The van der Waals surface area contributed by atoms with Crippen LogP contribution in [0.25, 0.3) is 0 Å². The van der Waals surface area contributed by atoms with Crippen molar-refractivity contribution in [1.82, 2.24) is 5.32 Å². The molecule has 0 aliphatic heterocycles. The van der Waals surface area contributed by atoms with Gasteiger partial charge in [-0.1, -0.05) is 12.1 Å². The number of benzene rings is 2. The number of ether oxygens (including phenoxy) is 2. The molecule has 7 nitrogen and oxygen atoms in total. The van der Waals surface area contributed by atoms with E-state index in [1.807, 2.05) is 0 Å². The highest BCUT2D eigenvalue weighted by molar-refractivity contribution is 5.80. The highest BCUT2D eigenvalue weighted by atomic mass is 19.1. The van der Waals surface area contributed by atoms with Gasteiger partial charge in [-0.25, -0.2) is 4.39 Å². The fourth-order valence-corrected chi connectivity index (χ4v) is 2.05. The highest BCUT2D eigenvalue weighted by Crippen LogP contribution is 2.28. The summed E-state index contributed by atoms with van der Waals surface area (Å²) in [5.74, 6) is -0.761. The molecular weight excluding hydrogens is 331 g/mol. The van der Waals surface area contributed by atoms with Crippen molar-refractivity contribution in [2.24, 2.45) is 0 Å². The van der Waals surface area contributed by atoms with E-state index in [-0.39, 0.29) is 12.3 Å². The first-order valence-corrected chi connectivity index (χ1v) is 7.42. The van der Waals surface area contributed by atoms with Crippen LogP contribution >= 0.6 is 0 Å². The summed E-state index contributed by atoms with van der Waals surface area (Å²) in [7, 11) is 1.56. The smallest absolute Gasteiger partial charge is 0.311 e. The molecule has 1 N–H and O–H groups in total. The molecule has 0 radical (unpaired) electrons. The van der Waals surface area contributed by atoms with Gasteiger partial charge in [0, 0.05) is 18.7 Å². The van der Waals surface area contributed by atoms with E-state index in [4.69, 9.17) is 9.47 Å². The lowest BCUT2D eigenvalue weighted by atomic mass is 10.2. The third kappa shape index (κ3) is 4.90. The number of hydrogen-bond donors (Lipinski definition) is 1. The number of methoxy groups -OCH3 is 1. The van der Waals surface area contributed by atoms with E-state index in [1.54, 1.807) is 31.4 Å². The van der Waals surface area contributed by atoms with Gasteiger partial charge in [0.25, 0.3) is 5.91 Å². The summed E-state index contributed by atoms with van der Waals surface area (Å²) in [4.78, 5) is 22.3. The van der Waals surface area contributed by atoms with Crippen LogP contribution in [0.4, 0.5) is 10.1 Å². The third-order valence-corrected chi connectivity index (χ3v) is 3.42. The van der Waals surface area contributed by atoms with E-state index in [0.717, 1.165) is 23.8 Å². The predicted molar refractivity (Wildman–Crippen MR) is 88.0 cm³/mol. The minimum Gasteiger partial charge on any atom is -0.497 e. The zero-order chi connectivity index (χ0) is 18.4. The van der Waals surface area contributed by atoms with Gasteiger partial charge in [0.15, 0.2) is 6.10 Å². The van der Waals surface area contributed by atoms with Gasteiger partial charge in [0.05, 0.1) is 12.0 Å². The van der Waals surface area contributed by atoms with Crippen LogP contribution in [0.1, 0.15) is 12.5 Å². The van der Waals surface area contributed by atoms with Gasteiger partial charge in [0.1, 0.15) is 11.6 Å². The second-order valence-electron chi connectivity index (χ2n) is 5.20. The second kappa shape index (κ2) is 8.09. The first-order valence-electron chi connectivity index (χ1n) is 7.42. The van der Waals surface area contributed by atoms with Crippen molar-refractivity contribution >= 4 is 11.6 Å². The Morgan fingerprint density at radius 1 is 1.28 bits per heavy atom. The molecule has 0 saturated heterocycles.